The van der Waals surface area contributed by atoms with Gasteiger partial charge in [-0.05, 0) is 29.6 Å². The third kappa shape index (κ3) is 1.43. The van der Waals surface area contributed by atoms with E-state index in [0.717, 1.165) is 17.6 Å². The van der Waals surface area contributed by atoms with Crippen molar-refractivity contribution in [1.82, 2.24) is 0 Å². The van der Waals surface area contributed by atoms with Crippen molar-refractivity contribution >= 4 is 12.6 Å². The molecule has 58 valence electrons. The Balaban J connectivity index is 2.09. The summed E-state index contributed by atoms with van der Waals surface area (Å²) in [7, 11) is 0. The molecule has 1 aromatic carbocycles. The van der Waals surface area contributed by atoms with E-state index in [9.17, 15) is 0 Å². The van der Waals surface area contributed by atoms with E-state index in [-0.39, 0.29) is 0 Å². The van der Waals surface area contributed by atoms with Gasteiger partial charge < -0.3 is 0 Å². The van der Waals surface area contributed by atoms with E-state index < -0.39 is 0 Å². The topological polar surface area (TPSA) is 0 Å². The van der Waals surface area contributed by atoms with Crippen LogP contribution < -0.4 is 0 Å². The highest BCUT2D eigenvalue weighted by atomic mass is 32.1. The van der Waals surface area contributed by atoms with Crippen molar-refractivity contribution in [2.75, 3.05) is 5.75 Å². The van der Waals surface area contributed by atoms with Gasteiger partial charge in [0.25, 0.3) is 0 Å². The Morgan fingerprint density at radius 3 is 2.55 bits per heavy atom. The highest BCUT2D eigenvalue weighted by Gasteiger charge is 2.36. The van der Waals surface area contributed by atoms with Gasteiger partial charge in [-0.1, -0.05) is 30.3 Å². The van der Waals surface area contributed by atoms with E-state index in [1.807, 2.05) is 0 Å². The lowest BCUT2D eigenvalue weighted by Gasteiger charge is -1.96. The molecule has 1 saturated carbocycles. The number of hydrogen-bond donors (Lipinski definition) is 1. The molecule has 2 unspecified atom stereocenters. The molecular weight excluding hydrogens is 152 g/mol. The minimum Gasteiger partial charge on any atom is -0.179 e. The Kier molecular flexibility index (Phi) is 1.91. The Morgan fingerprint density at radius 2 is 2.00 bits per heavy atom. The van der Waals surface area contributed by atoms with Crippen molar-refractivity contribution in [3.8, 4) is 0 Å². The molecule has 2 atom stereocenters. The first-order chi connectivity index (χ1) is 5.42. The molecule has 1 aromatic rings. The van der Waals surface area contributed by atoms with Gasteiger partial charge in [-0.25, -0.2) is 0 Å². The second-order valence-corrected chi connectivity index (χ2v) is 3.56. The fraction of sp³-hybridized carbons (Fsp3) is 0.400. The van der Waals surface area contributed by atoms with Gasteiger partial charge in [0.05, 0.1) is 0 Å². The smallest absolute Gasteiger partial charge is 0.00634 e. The number of thiol groups is 1. The largest absolute Gasteiger partial charge is 0.179 e. The molecule has 2 rings (SSSR count). The fourth-order valence-electron chi connectivity index (χ4n) is 1.56. The molecular formula is C10H12S. The van der Waals surface area contributed by atoms with Gasteiger partial charge in [0.2, 0.25) is 0 Å². The molecule has 0 N–H and O–H groups in total. The van der Waals surface area contributed by atoms with Crippen LogP contribution in [0.2, 0.25) is 0 Å². The van der Waals surface area contributed by atoms with Crippen LogP contribution in [0.4, 0.5) is 0 Å². The maximum atomic E-state index is 4.29. The molecule has 1 heteroatoms. The minimum atomic E-state index is 0.814. The van der Waals surface area contributed by atoms with Crippen LogP contribution in [0.1, 0.15) is 17.9 Å². The molecule has 0 amide bonds. The second-order valence-electron chi connectivity index (χ2n) is 3.20. The van der Waals surface area contributed by atoms with Crippen LogP contribution in [0.25, 0.3) is 0 Å². The van der Waals surface area contributed by atoms with Gasteiger partial charge in [-0.2, -0.15) is 12.6 Å². The average molecular weight is 164 g/mol. The maximum Gasteiger partial charge on any atom is -0.00634 e. The van der Waals surface area contributed by atoms with Crippen molar-refractivity contribution in [2.24, 2.45) is 5.92 Å². The summed E-state index contributed by atoms with van der Waals surface area (Å²) >= 11 is 4.29. The fourth-order valence-corrected chi connectivity index (χ4v) is 1.96. The summed E-state index contributed by atoms with van der Waals surface area (Å²) in [5.74, 6) is 2.70. The highest BCUT2D eigenvalue weighted by Crippen LogP contribution is 2.47. The Bertz CT molecular complexity index is 230. The molecule has 0 spiro atoms. The van der Waals surface area contributed by atoms with Crippen molar-refractivity contribution in [1.29, 1.82) is 0 Å². The van der Waals surface area contributed by atoms with Gasteiger partial charge in [0.15, 0.2) is 0 Å². The Labute approximate surface area is 73.0 Å². The highest BCUT2D eigenvalue weighted by molar-refractivity contribution is 7.80. The standard InChI is InChI=1S/C10H12S/c11-7-9-6-10(9)8-4-2-1-3-5-8/h1-5,9-11H,6-7H2. The van der Waals surface area contributed by atoms with Crippen LogP contribution in [0.5, 0.6) is 0 Å². The predicted molar refractivity (Wildman–Crippen MR) is 51.1 cm³/mol. The monoisotopic (exact) mass is 164 g/mol. The van der Waals surface area contributed by atoms with Crippen LogP contribution >= 0.6 is 12.6 Å². The molecule has 1 fully saturated rings. The first-order valence-electron chi connectivity index (χ1n) is 4.07. The summed E-state index contributed by atoms with van der Waals surface area (Å²) in [6, 6.07) is 10.7. The van der Waals surface area contributed by atoms with Crippen LogP contribution in [-0.4, -0.2) is 5.75 Å². The summed E-state index contributed by atoms with van der Waals surface area (Å²) in [6.07, 6.45) is 1.34. The van der Waals surface area contributed by atoms with E-state index in [2.05, 4.69) is 43.0 Å². The van der Waals surface area contributed by atoms with Crippen molar-refractivity contribution in [2.45, 2.75) is 12.3 Å². The van der Waals surface area contributed by atoms with E-state index in [0.29, 0.717) is 0 Å². The first-order valence-corrected chi connectivity index (χ1v) is 4.71. The van der Waals surface area contributed by atoms with Gasteiger partial charge >= 0.3 is 0 Å². The number of benzene rings is 1. The third-order valence-corrected chi connectivity index (χ3v) is 2.85. The van der Waals surface area contributed by atoms with E-state index in [1.54, 1.807) is 0 Å². The van der Waals surface area contributed by atoms with Gasteiger partial charge in [-0.15, -0.1) is 0 Å². The molecule has 0 aromatic heterocycles. The van der Waals surface area contributed by atoms with E-state index in [1.165, 1.54) is 12.0 Å². The number of rotatable bonds is 2. The molecule has 1 aliphatic carbocycles. The first kappa shape index (κ1) is 7.23. The Hall–Kier alpha value is -0.430. The maximum absolute atomic E-state index is 4.29. The average Bonchev–Trinajstić information content (AvgIpc) is 2.85. The number of hydrogen-bond acceptors (Lipinski definition) is 1. The molecule has 0 radical (unpaired) electrons. The van der Waals surface area contributed by atoms with Crippen LogP contribution in [0, 0.1) is 5.92 Å². The van der Waals surface area contributed by atoms with Crippen LogP contribution in [-0.2, 0) is 0 Å². The lowest BCUT2D eigenvalue weighted by molar-refractivity contribution is 0.932. The predicted octanol–water partition coefficient (Wildman–Crippen LogP) is 2.72. The second kappa shape index (κ2) is 2.90. The zero-order valence-electron chi connectivity index (χ0n) is 6.40. The summed E-state index contributed by atoms with van der Waals surface area (Å²) < 4.78 is 0. The lowest BCUT2D eigenvalue weighted by Crippen LogP contribution is -1.82. The molecule has 1 aliphatic rings. The van der Waals surface area contributed by atoms with Crippen LogP contribution in [0.15, 0.2) is 30.3 Å². The molecule has 0 bridgehead atoms. The summed E-state index contributed by atoms with van der Waals surface area (Å²) in [5.41, 5.74) is 1.49. The third-order valence-electron chi connectivity index (χ3n) is 2.38. The van der Waals surface area contributed by atoms with Gasteiger partial charge in [0, 0.05) is 0 Å². The zero-order valence-corrected chi connectivity index (χ0v) is 7.30. The van der Waals surface area contributed by atoms with Crippen LogP contribution in [0.3, 0.4) is 0 Å². The van der Waals surface area contributed by atoms with Gasteiger partial charge in [-0.3, -0.25) is 0 Å². The summed E-state index contributed by atoms with van der Waals surface area (Å²) in [6.45, 7) is 0. The zero-order chi connectivity index (χ0) is 7.68. The minimum absolute atomic E-state index is 0.814. The summed E-state index contributed by atoms with van der Waals surface area (Å²) in [5, 5.41) is 0. The van der Waals surface area contributed by atoms with Crippen molar-refractivity contribution < 1.29 is 0 Å². The molecule has 0 saturated heterocycles. The SMILES string of the molecule is SCC1CC1c1ccccc1. The summed E-state index contributed by atoms with van der Waals surface area (Å²) in [4.78, 5) is 0. The molecule has 0 aliphatic heterocycles. The molecule has 0 heterocycles. The van der Waals surface area contributed by atoms with E-state index in [4.69, 9.17) is 0 Å². The normalized spacial score (nSPS) is 28.5. The van der Waals surface area contributed by atoms with Gasteiger partial charge in [0.1, 0.15) is 0 Å². The molecule has 11 heavy (non-hydrogen) atoms. The van der Waals surface area contributed by atoms with Crippen molar-refractivity contribution in [3.63, 3.8) is 0 Å². The molecule has 0 nitrogen and oxygen atoms in total. The quantitative estimate of drug-likeness (QED) is 0.638. The van der Waals surface area contributed by atoms with Crippen molar-refractivity contribution in [3.05, 3.63) is 35.9 Å². The van der Waals surface area contributed by atoms with E-state index >= 15 is 0 Å². The Morgan fingerprint density at radius 1 is 1.27 bits per heavy atom. The lowest BCUT2D eigenvalue weighted by atomic mass is 10.1.